The van der Waals surface area contributed by atoms with E-state index >= 15 is 0 Å². The Hall–Kier alpha value is -2.24. The van der Waals surface area contributed by atoms with Gasteiger partial charge in [0.1, 0.15) is 5.92 Å². The van der Waals surface area contributed by atoms with Crippen LogP contribution in [0, 0.1) is 0 Å². The molecular weight excluding hydrogens is 374 g/mol. The minimum absolute atomic E-state index is 0.0258. The third-order valence-electron chi connectivity index (χ3n) is 5.76. The number of rotatable bonds is 15. The maximum absolute atomic E-state index is 12.8. The zero-order valence-corrected chi connectivity index (χ0v) is 18.4. The molecule has 1 amide bonds. The number of nitrogens with one attached hydrogen (secondary N) is 1. The van der Waals surface area contributed by atoms with Crippen molar-refractivity contribution in [1.82, 2.24) is 25.5 Å². The van der Waals surface area contributed by atoms with Gasteiger partial charge in [0.25, 0.3) is 0 Å². The molecule has 3 rings (SSSR count). The molecule has 164 valence electrons. The van der Waals surface area contributed by atoms with Gasteiger partial charge in [-0.25, -0.2) is 0 Å². The molecule has 1 fully saturated rings. The number of aromatic nitrogens is 4. The number of tetrazole rings is 1. The summed E-state index contributed by atoms with van der Waals surface area (Å²) in [5, 5.41) is 16.1. The Kier molecular flexibility index (Phi) is 9.32. The number of amides is 1. The molecule has 1 aromatic carbocycles. The molecule has 1 aromatic heterocycles. The lowest BCUT2D eigenvalue weighted by Crippen LogP contribution is -2.32. The third-order valence-corrected chi connectivity index (χ3v) is 5.76. The first-order valence-electron chi connectivity index (χ1n) is 11.9. The van der Waals surface area contributed by atoms with Gasteiger partial charge in [0.15, 0.2) is 5.82 Å². The Morgan fingerprint density at radius 3 is 2.27 bits per heavy atom. The first-order chi connectivity index (χ1) is 14.8. The lowest BCUT2D eigenvalue weighted by atomic mass is 9.97. The second-order valence-corrected chi connectivity index (χ2v) is 8.55. The summed E-state index contributed by atoms with van der Waals surface area (Å²) in [5.74, 6) is -0.0260. The topological polar surface area (TPSA) is 72.7 Å². The van der Waals surface area contributed by atoms with Crippen molar-refractivity contribution in [3.63, 3.8) is 0 Å². The van der Waals surface area contributed by atoms with Crippen LogP contribution in [0.5, 0.6) is 0 Å². The van der Waals surface area contributed by atoms with Crippen LogP contribution in [0.2, 0.25) is 0 Å². The number of nitrogens with zero attached hydrogens (tertiary/aromatic N) is 4. The summed E-state index contributed by atoms with van der Waals surface area (Å²) in [7, 11) is 0. The van der Waals surface area contributed by atoms with E-state index in [1.165, 1.54) is 57.8 Å². The summed E-state index contributed by atoms with van der Waals surface area (Å²) in [5.41, 5.74) is 0.911. The number of carbonyl (C=O) groups is 1. The standard InChI is InChI=1S/C24H37N5O/c1-2-3-4-5-6-7-8-9-10-14-19-29-27-23(26-28-29)22(20-15-12-11-13-16-20)24(30)25-21-17-18-21/h11-13,15-16,21-22H,2-10,14,17-19H2,1H3,(H,25,30). The zero-order chi connectivity index (χ0) is 21.0. The van der Waals surface area contributed by atoms with E-state index in [2.05, 4.69) is 27.7 Å². The van der Waals surface area contributed by atoms with Crippen molar-refractivity contribution in [2.45, 2.75) is 102 Å². The molecule has 1 aliphatic rings. The van der Waals surface area contributed by atoms with Crippen LogP contribution in [0.3, 0.4) is 0 Å². The summed E-state index contributed by atoms with van der Waals surface area (Å²) >= 11 is 0. The average molecular weight is 412 g/mol. The Labute approximate surface area is 180 Å². The van der Waals surface area contributed by atoms with Crippen LogP contribution in [0.15, 0.2) is 30.3 Å². The third kappa shape index (κ3) is 7.54. The molecule has 0 spiro atoms. The number of benzene rings is 1. The van der Waals surface area contributed by atoms with E-state index in [-0.39, 0.29) is 5.91 Å². The van der Waals surface area contributed by atoms with Gasteiger partial charge in [-0.3, -0.25) is 4.79 Å². The molecule has 0 saturated heterocycles. The Balaban J connectivity index is 1.42. The van der Waals surface area contributed by atoms with Crippen LogP contribution >= 0.6 is 0 Å². The SMILES string of the molecule is CCCCCCCCCCCCn1nnc(C(C(=O)NC2CC2)c2ccccc2)n1. The molecule has 0 aliphatic heterocycles. The summed E-state index contributed by atoms with van der Waals surface area (Å²) in [6, 6.07) is 10.1. The van der Waals surface area contributed by atoms with Crippen molar-refractivity contribution >= 4 is 5.91 Å². The summed E-state index contributed by atoms with van der Waals surface area (Å²) in [4.78, 5) is 14.5. The molecule has 1 unspecified atom stereocenters. The maximum Gasteiger partial charge on any atom is 0.235 e. The van der Waals surface area contributed by atoms with Gasteiger partial charge in [0.2, 0.25) is 5.91 Å². The maximum atomic E-state index is 12.8. The highest BCUT2D eigenvalue weighted by Gasteiger charge is 2.32. The number of hydrogen-bond acceptors (Lipinski definition) is 4. The Bertz CT molecular complexity index is 741. The van der Waals surface area contributed by atoms with Gasteiger partial charge in [0.05, 0.1) is 6.54 Å². The molecule has 0 bridgehead atoms. The highest BCUT2D eigenvalue weighted by Crippen LogP contribution is 2.25. The summed E-state index contributed by atoms with van der Waals surface area (Å²) < 4.78 is 0. The average Bonchev–Trinajstić information content (AvgIpc) is 3.46. The van der Waals surface area contributed by atoms with Gasteiger partial charge < -0.3 is 5.32 Å². The van der Waals surface area contributed by atoms with Gasteiger partial charge >= 0.3 is 0 Å². The van der Waals surface area contributed by atoms with Gasteiger partial charge in [-0.2, -0.15) is 4.80 Å². The van der Waals surface area contributed by atoms with Gasteiger partial charge in [-0.15, -0.1) is 10.2 Å². The summed E-state index contributed by atoms with van der Waals surface area (Å²) in [6.45, 7) is 3.02. The molecular formula is C24H37N5O. The molecule has 1 saturated carbocycles. The largest absolute Gasteiger partial charge is 0.352 e. The monoisotopic (exact) mass is 411 g/mol. The smallest absolute Gasteiger partial charge is 0.235 e. The van der Waals surface area contributed by atoms with Gasteiger partial charge in [-0.1, -0.05) is 95.0 Å². The van der Waals surface area contributed by atoms with Crippen LogP contribution in [0.4, 0.5) is 0 Å². The molecule has 30 heavy (non-hydrogen) atoms. The molecule has 0 radical (unpaired) electrons. The lowest BCUT2D eigenvalue weighted by Gasteiger charge is -2.13. The second-order valence-electron chi connectivity index (χ2n) is 8.55. The van der Waals surface area contributed by atoms with E-state index < -0.39 is 5.92 Å². The van der Waals surface area contributed by atoms with Crippen molar-refractivity contribution < 1.29 is 4.79 Å². The normalized spacial score (nSPS) is 14.6. The van der Waals surface area contributed by atoms with Crippen molar-refractivity contribution in [3.8, 4) is 0 Å². The van der Waals surface area contributed by atoms with E-state index in [0.29, 0.717) is 11.9 Å². The van der Waals surface area contributed by atoms with Crippen LogP contribution in [0.25, 0.3) is 0 Å². The number of unbranched alkanes of at least 4 members (excludes halogenated alkanes) is 9. The van der Waals surface area contributed by atoms with Crippen molar-refractivity contribution in [2.24, 2.45) is 0 Å². The van der Waals surface area contributed by atoms with E-state index in [1.807, 2.05) is 30.3 Å². The van der Waals surface area contributed by atoms with Gasteiger partial charge in [0, 0.05) is 6.04 Å². The highest BCUT2D eigenvalue weighted by atomic mass is 16.2. The summed E-state index contributed by atoms with van der Waals surface area (Å²) in [6.07, 6.45) is 15.1. The van der Waals surface area contributed by atoms with Crippen LogP contribution in [-0.2, 0) is 11.3 Å². The van der Waals surface area contributed by atoms with E-state index in [9.17, 15) is 4.79 Å². The predicted molar refractivity (Wildman–Crippen MR) is 119 cm³/mol. The first kappa shape index (κ1) is 22.4. The van der Waals surface area contributed by atoms with Crippen LogP contribution in [-0.4, -0.2) is 32.2 Å². The molecule has 1 N–H and O–H groups in total. The molecule has 6 nitrogen and oxygen atoms in total. The number of hydrogen-bond donors (Lipinski definition) is 1. The highest BCUT2D eigenvalue weighted by molar-refractivity contribution is 5.86. The minimum Gasteiger partial charge on any atom is -0.352 e. The Morgan fingerprint density at radius 1 is 1.00 bits per heavy atom. The van der Waals surface area contributed by atoms with Crippen molar-refractivity contribution in [2.75, 3.05) is 0 Å². The van der Waals surface area contributed by atoms with E-state index in [1.54, 1.807) is 4.80 Å². The molecule has 1 aliphatic carbocycles. The lowest BCUT2D eigenvalue weighted by molar-refractivity contribution is -0.122. The van der Waals surface area contributed by atoms with E-state index in [4.69, 9.17) is 0 Å². The number of carbonyl (C=O) groups excluding carboxylic acids is 1. The van der Waals surface area contributed by atoms with Gasteiger partial charge in [-0.05, 0) is 30.0 Å². The van der Waals surface area contributed by atoms with Crippen molar-refractivity contribution in [3.05, 3.63) is 41.7 Å². The van der Waals surface area contributed by atoms with Crippen molar-refractivity contribution in [1.29, 1.82) is 0 Å². The zero-order valence-electron chi connectivity index (χ0n) is 18.4. The van der Waals surface area contributed by atoms with E-state index in [0.717, 1.165) is 31.4 Å². The Morgan fingerprint density at radius 2 is 1.63 bits per heavy atom. The predicted octanol–water partition coefficient (Wildman–Crippen LogP) is 5.00. The molecule has 1 atom stereocenters. The van der Waals surface area contributed by atoms with Crippen LogP contribution in [0.1, 0.15) is 101 Å². The fraction of sp³-hybridized carbons (Fsp3) is 0.667. The minimum atomic E-state index is -0.492. The fourth-order valence-corrected chi connectivity index (χ4v) is 3.78. The second kappa shape index (κ2) is 12.5. The molecule has 2 aromatic rings. The fourth-order valence-electron chi connectivity index (χ4n) is 3.78. The molecule has 6 heteroatoms. The molecule has 1 heterocycles. The quantitative estimate of drug-likeness (QED) is 0.418. The van der Waals surface area contributed by atoms with Crippen LogP contribution < -0.4 is 5.32 Å². The number of aryl methyl sites for hydroxylation is 1. The first-order valence-corrected chi connectivity index (χ1v) is 11.9.